The van der Waals surface area contributed by atoms with Gasteiger partial charge < -0.3 is 4.74 Å². The fourth-order valence-corrected chi connectivity index (χ4v) is 2.74. The lowest BCUT2D eigenvalue weighted by molar-refractivity contribution is -0.384. The van der Waals surface area contributed by atoms with E-state index in [0.29, 0.717) is 16.8 Å². The highest BCUT2D eigenvalue weighted by Crippen LogP contribution is 2.27. The van der Waals surface area contributed by atoms with Gasteiger partial charge in [0.1, 0.15) is 17.3 Å². The second-order valence-corrected chi connectivity index (χ2v) is 6.64. The number of nitrogens with zero attached hydrogens (tertiary/aromatic N) is 4. The molecule has 3 rings (SSSR count). The van der Waals surface area contributed by atoms with Crippen molar-refractivity contribution in [2.45, 2.75) is 20.0 Å². The molecule has 0 amide bonds. The molecule has 150 valence electrons. The van der Waals surface area contributed by atoms with Gasteiger partial charge in [-0.05, 0) is 44.2 Å². The van der Waals surface area contributed by atoms with Gasteiger partial charge in [-0.1, -0.05) is 18.2 Å². The van der Waals surface area contributed by atoms with Gasteiger partial charge in [0, 0.05) is 29.5 Å². The van der Waals surface area contributed by atoms with Gasteiger partial charge >= 0.3 is 5.97 Å². The second kappa shape index (κ2) is 8.84. The van der Waals surface area contributed by atoms with Crippen LogP contribution < -0.4 is 0 Å². The molecule has 0 saturated carbocycles. The number of esters is 1. The number of carbonyl (C=O) groups is 1. The van der Waals surface area contributed by atoms with Crippen molar-refractivity contribution in [2.24, 2.45) is 0 Å². The molecule has 1 aromatic heterocycles. The van der Waals surface area contributed by atoms with Crippen LogP contribution in [0.15, 0.2) is 66.4 Å². The van der Waals surface area contributed by atoms with Crippen molar-refractivity contribution in [1.29, 1.82) is 5.26 Å². The zero-order chi connectivity index (χ0) is 21.7. The van der Waals surface area contributed by atoms with Crippen molar-refractivity contribution in [3.05, 3.63) is 82.0 Å². The highest BCUT2D eigenvalue weighted by atomic mass is 16.6. The van der Waals surface area contributed by atoms with E-state index in [2.05, 4.69) is 5.10 Å². The van der Waals surface area contributed by atoms with Crippen LogP contribution >= 0.6 is 0 Å². The van der Waals surface area contributed by atoms with Gasteiger partial charge in [-0.2, -0.15) is 10.4 Å². The van der Waals surface area contributed by atoms with E-state index in [1.807, 2.05) is 36.4 Å². The second-order valence-electron chi connectivity index (χ2n) is 6.64. The van der Waals surface area contributed by atoms with Gasteiger partial charge in [0.2, 0.25) is 0 Å². The number of non-ortho nitro benzene ring substituents is 1. The maximum absolute atomic E-state index is 12.2. The zero-order valence-electron chi connectivity index (χ0n) is 16.4. The lowest BCUT2D eigenvalue weighted by Crippen LogP contribution is -2.12. The molecule has 0 aliphatic heterocycles. The molecule has 0 aliphatic rings. The molecule has 0 unspecified atom stereocenters. The van der Waals surface area contributed by atoms with Gasteiger partial charge in [0.05, 0.1) is 16.7 Å². The lowest BCUT2D eigenvalue weighted by Gasteiger charge is -2.06. The first kappa shape index (κ1) is 20.5. The predicted octanol–water partition coefficient (Wildman–Crippen LogP) is 4.31. The van der Waals surface area contributed by atoms with Crippen molar-refractivity contribution in [3.63, 3.8) is 0 Å². The van der Waals surface area contributed by atoms with Gasteiger partial charge in [-0.15, -0.1) is 0 Å². The van der Waals surface area contributed by atoms with Crippen LogP contribution in [0.4, 0.5) is 5.69 Å². The van der Waals surface area contributed by atoms with Gasteiger partial charge in [0.25, 0.3) is 5.69 Å². The van der Waals surface area contributed by atoms with E-state index in [1.165, 1.54) is 18.2 Å². The van der Waals surface area contributed by atoms with Crippen LogP contribution in [0.25, 0.3) is 23.0 Å². The van der Waals surface area contributed by atoms with Gasteiger partial charge in [-0.25, -0.2) is 9.48 Å². The van der Waals surface area contributed by atoms with E-state index in [9.17, 15) is 20.2 Å². The predicted molar refractivity (Wildman–Crippen MR) is 110 cm³/mol. The van der Waals surface area contributed by atoms with E-state index in [0.717, 1.165) is 5.69 Å². The van der Waals surface area contributed by atoms with E-state index in [4.69, 9.17) is 4.74 Å². The molecule has 1 heterocycles. The Labute approximate surface area is 172 Å². The molecule has 0 N–H and O–H groups in total. The Morgan fingerprint density at radius 1 is 1.20 bits per heavy atom. The molecule has 8 heteroatoms. The molecule has 0 radical (unpaired) electrons. The monoisotopic (exact) mass is 402 g/mol. The number of benzene rings is 2. The van der Waals surface area contributed by atoms with Gasteiger partial charge in [0.15, 0.2) is 0 Å². The first-order valence-electron chi connectivity index (χ1n) is 9.11. The largest absolute Gasteiger partial charge is 0.459 e. The Bertz CT molecular complexity index is 1140. The highest BCUT2D eigenvalue weighted by Gasteiger charge is 2.17. The Hall–Kier alpha value is -4.25. The molecule has 2 aromatic carbocycles. The molecule has 0 atom stereocenters. The summed E-state index contributed by atoms with van der Waals surface area (Å²) in [5.74, 6) is -0.727. The normalized spacial score (nSPS) is 11.2. The topological polar surface area (TPSA) is 111 Å². The summed E-state index contributed by atoms with van der Waals surface area (Å²) in [5, 5.41) is 24.9. The summed E-state index contributed by atoms with van der Waals surface area (Å²) in [5.41, 5.74) is 2.15. The molecule has 3 aromatic rings. The molecule has 0 fully saturated rings. The van der Waals surface area contributed by atoms with E-state index >= 15 is 0 Å². The number of ether oxygens (including phenoxy) is 1. The SMILES string of the molecule is CC(C)OC(=O)/C(C#N)=C/c1cn(-c2ccccc2)nc1-c1ccc([N+](=O)[O-])cc1. The molecule has 0 bridgehead atoms. The number of nitro benzene ring substituents is 1. The van der Waals surface area contributed by atoms with Crippen LogP contribution in [0.2, 0.25) is 0 Å². The Balaban J connectivity index is 2.11. The number of para-hydroxylation sites is 1. The average molecular weight is 402 g/mol. The molecule has 0 aliphatic carbocycles. The first-order chi connectivity index (χ1) is 14.4. The van der Waals surface area contributed by atoms with Crippen LogP contribution in [-0.2, 0) is 9.53 Å². The fourth-order valence-electron chi connectivity index (χ4n) is 2.74. The highest BCUT2D eigenvalue weighted by molar-refractivity contribution is 5.98. The van der Waals surface area contributed by atoms with Crippen LogP contribution in [0, 0.1) is 21.4 Å². The van der Waals surface area contributed by atoms with Crippen LogP contribution in [0.1, 0.15) is 19.4 Å². The van der Waals surface area contributed by atoms with E-state index < -0.39 is 10.9 Å². The molecule has 0 spiro atoms. The minimum Gasteiger partial charge on any atom is -0.459 e. The van der Waals surface area contributed by atoms with Crippen molar-refractivity contribution in [3.8, 4) is 23.0 Å². The molecular weight excluding hydrogens is 384 g/mol. The Morgan fingerprint density at radius 2 is 1.87 bits per heavy atom. The average Bonchev–Trinajstić information content (AvgIpc) is 3.16. The fraction of sp³-hybridized carbons (Fsp3) is 0.136. The maximum atomic E-state index is 12.2. The van der Waals surface area contributed by atoms with E-state index in [-0.39, 0.29) is 17.4 Å². The summed E-state index contributed by atoms with van der Waals surface area (Å²) in [6.45, 7) is 3.39. The van der Waals surface area contributed by atoms with Crippen molar-refractivity contribution in [1.82, 2.24) is 9.78 Å². The number of hydrogen-bond donors (Lipinski definition) is 0. The van der Waals surface area contributed by atoms with Crippen molar-refractivity contribution < 1.29 is 14.5 Å². The number of nitriles is 1. The first-order valence-corrected chi connectivity index (χ1v) is 9.11. The summed E-state index contributed by atoms with van der Waals surface area (Å²) in [6.07, 6.45) is 2.73. The summed E-state index contributed by atoms with van der Waals surface area (Å²) in [6, 6.07) is 17.1. The van der Waals surface area contributed by atoms with Crippen molar-refractivity contribution in [2.75, 3.05) is 0 Å². The number of carbonyl (C=O) groups excluding carboxylic acids is 1. The molecular formula is C22H18N4O4. The number of hydrogen-bond acceptors (Lipinski definition) is 6. The summed E-state index contributed by atoms with van der Waals surface area (Å²) < 4.78 is 6.74. The zero-order valence-corrected chi connectivity index (χ0v) is 16.4. The van der Waals surface area contributed by atoms with Crippen LogP contribution in [0.3, 0.4) is 0 Å². The third-order valence-electron chi connectivity index (χ3n) is 4.10. The smallest absolute Gasteiger partial charge is 0.349 e. The van der Waals surface area contributed by atoms with Gasteiger partial charge in [-0.3, -0.25) is 10.1 Å². The number of aromatic nitrogens is 2. The lowest BCUT2D eigenvalue weighted by atomic mass is 10.1. The Kier molecular flexibility index (Phi) is 6.03. The molecule has 30 heavy (non-hydrogen) atoms. The molecule has 8 nitrogen and oxygen atoms in total. The number of nitro groups is 1. The van der Waals surface area contributed by atoms with Crippen molar-refractivity contribution >= 4 is 17.7 Å². The maximum Gasteiger partial charge on any atom is 0.349 e. The summed E-state index contributed by atoms with van der Waals surface area (Å²) in [4.78, 5) is 22.7. The van der Waals surface area contributed by atoms with Crippen LogP contribution in [0.5, 0.6) is 0 Å². The minimum atomic E-state index is -0.727. The summed E-state index contributed by atoms with van der Waals surface area (Å²) in [7, 11) is 0. The third kappa shape index (κ3) is 4.59. The van der Waals surface area contributed by atoms with E-state index in [1.54, 1.807) is 36.9 Å². The quantitative estimate of drug-likeness (QED) is 0.200. The van der Waals surface area contributed by atoms with Crippen LogP contribution in [-0.4, -0.2) is 26.8 Å². The standard InChI is InChI=1S/C22H18N4O4/c1-15(2)30-22(27)17(13-23)12-18-14-25(19-6-4-3-5-7-19)24-21(18)16-8-10-20(11-9-16)26(28)29/h3-12,14-15H,1-2H3/b17-12+. The third-order valence-corrected chi connectivity index (χ3v) is 4.10. The summed E-state index contributed by atoms with van der Waals surface area (Å²) >= 11 is 0. The Morgan fingerprint density at radius 3 is 2.43 bits per heavy atom. The minimum absolute atomic E-state index is 0.0449. The number of rotatable bonds is 6. The molecule has 0 saturated heterocycles.